The van der Waals surface area contributed by atoms with Crippen molar-refractivity contribution < 1.29 is 18.3 Å². The van der Waals surface area contributed by atoms with Gasteiger partial charge in [-0.25, -0.2) is 8.42 Å². The number of benzene rings is 2. The number of anilines is 1. The average molecular weight is 407 g/mol. The van der Waals surface area contributed by atoms with Crippen molar-refractivity contribution in [2.24, 2.45) is 0 Å². The largest absolute Gasteiger partial charge is 0.481 e. The molecule has 2 aromatic carbocycles. The molecule has 0 spiro atoms. The number of carboxylic acids is 1. The Morgan fingerprint density at radius 2 is 1.89 bits per heavy atom. The van der Waals surface area contributed by atoms with E-state index in [9.17, 15) is 13.2 Å². The van der Waals surface area contributed by atoms with Gasteiger partial charge in [0.05, 0.1) is 22.5 Å². The Labute approximate surface area is 162 Å². The highest BCUT2D eigenvalue weighted by molar-refractivity contribution is 7.92. The summed E-state index contributed by atoms with van der Waals surface area (Å²) in [5.74, 6) is -0.887. The van der Waals surface area contributed by atoms with Crippen LogP contribution >= 0.6 is 11.6 Å². The van der Waals surface area contributed by atoms with Crippen molar-refractivity contribution in [3.05, 3.63) is 58.7 Å². The number of halogens is 1. The molecule has 0 fully saturated rings. The maximum Gasteiger partial charge on any atom is 0.305 e. The fourth-order valence-electron chi connectivity index (χ4n) is 2.91. The molecule has 2 N–H and O–H groups in total. The number of aliphatic carboxylic acids is 1. The minimum absolute atomic E-state index is 0.0109. The number of nitrogens with zero attached hydrogens (tertiary/aromatic N) is 1. The summed E-state index contributed by atoms with van der Waals surface area (Å²) in [4.78, 5) is 11.0. The number of aryl methyl sites for hydroxylation is 3. The van der Waals surface area contributed by atoms with E-state index in [0.29, 0.717) is 28.4 Å². The predicted octanol–water partition coefficient (Wildman–Crippen LogP) is 4.19. The van der Waals surface area contributed by atoms with Gasteiger partial charge in [0.2, 0.25) is 0 Å². The van der Waals surface area contributed by atoms with Crippen molar-refractivity contribution in [2.45, 2.75) is 31.7 Å². The van der Waals surface area contributed by atoms with Crippen LogP contribution in [0, 0.1) is 13.8 Å². The van der Waals surface area contributed by atoms with Gasteiger partial charge < -0.3 is 9.67 Å². The molecule has 0 saturated heterocycles. The number of nitrogens with one attached hydrogen (secondary N) is 1. The molecular weight excluding hydrogens is 388 g/mol. The second-order valence-corrected chi connectivity index (χ2v) is 8.46. The van der Waals surface area contributed by atoms with Crippen LogP contribution in [-0.2, 0) is 21.4 Å². The summed E-state index contributed by atoms with van der Waals surface area (Å²) in [5.41, 5.74) is 2.41. The van der Waals surface area contributed by atoms with Crippen molar-refractivity contribution in [2.75, 3.05) is 4.72 Å². The highest BCUT2D eigenvalue weighted by Gasteiger charge is 2.19. The Hall–Kier alpha value is -2.51. The van der Waals surface area contributed by atoms with E-state index in [2.05, 4.69) is 4.72 Å². The lowest BCUT2D eigenvalue weighted by Crippen LogP contribution is -2.14. The molecule has 0 atom stereocenters. The van der Waals surface area contributed by atoms with Gasteiger partial charge in [-0.15, -0.1) is 0 Å². The summed E-state index contributed by atoms with van der Waals surface area (Å²) < 4.78 is 30.0. The lowest BCUT2D eigenvalue weighted by atomic mass is 10.2. The Morgan fingerprint density at radius 3 is 2.59 bits per heavy atom. The summed E-state index contributed by atoms with van der Waals surface area (Å²) in [6.45, 7) is 3.76. The zero-order valence-electron chi connectivity index (χ0n) is 14.9. The molecular formula is C19H19ClN2O4S. The zero-order chi connectivity index (χ0) is 19.8. The van der Waals surface area contributed by atoms with Crippen LogP contribution in [0.1, 0.15) is 17.5 Å². The van der Waals surface area contributed by atoms with Gasteiger partial charge in [0.15, 0.2) is 0 Å². The molecule has 27 heavy (non-hydrogen) atoms. The predicted molar refractivity (Wildman–Crippen MR) is 106 cm³/mol. The number of aromatic nitrogens is 1. The fraction of sp³-hybridized carbons (Fsp3) is 0.211. The molecule has 0 radical (unpaired) electrons. The maximum absolute atomic E-state index is 12.8. The number of sulfonamides is 1. The van der Waals surface area contributed by atoms with Gasteiger partial charge in [0.1, 0.15) is 0 Å². The minimum Gasteiger partial charge on any atom is -0.481 e. The van der Waals surface area contributed by atoms with E-state index < -0.39 is 16.0 Å². The topological polar surface area (TPSA) is 88.4 Å². The summed E-state index contributed by atoms with van der Waals surface area (Å²) >= 11 is 6.06. The lowest BCUT2D eigenvalue weighted by Gasteiger charge is -2.13. The Kier molecular flexibility index (Phi) is 5.17. The van der Waals surface area contributed by atoms with Crippen LogP contribution in [0.15, 0.2) is 47.5 Å². The molecule has 0 saturated carbocycles. The van der Waals surface area contributed by atoms with E-state index in [-0.39, 0.29) is 11.3 Å². The fourth-order valence-corrected chi connectivity index (χ4v) is 4.49. The third-order valence-electron chi connectivity index (χ3n) is 4.34. The lowest BCUT2D eigenvalue weighted by molar-refractivity contribution is -0.137. The first kappa shape index (κ1) is 19.3. The monoisotopic (exact) mass is 406 g/mol. The number of fused-ring (bicyclic) bond motifs is 1. The smallest absolute Gasteiger partial charge is 0.305 e. The van der Waals surface area contributed by atoms with Gasteiger partial charge in [-0.1, -0.05) is 17.7 Å². The number of hydrogen-bond donors (Lipinski definition) is 2. The van der Waals surface area contributed by atoms with E-state index in [0.717, 1.165) is 10.9 Å². The highest BCUT2D eigenvalue weighted by Crippen LogP contribution is 2.27. The molecule has 0 amide bonds. The van der Waals surface area contributed by atoms with Gasteiger partial charge in [-0.2, -0.15) is 0 Å². The Bertz CT molecular complexity index is 1140. The maximum atomic E-state index is 12.8. The van der Waals surface area contributed by atoms with Crippen LogP contribution in [0.3, 0.4) is 0 Å². The second kappa shape index (κ2) is 7.25. The van der Waals surface area contributed by atoms with Gasteiger partial charge >= 0.3 is 5.97 Å². The SMILES string of the molecule is Cc1cc(S(=O)(=O)Nc2ccc3ccn(CCC(=O)O)c3c2)c(C)cc1Cl. The Morgan fingerprint density at radius 1 is 1.15 bits per heavy atom. The molecule has 1 aromatic heterocycles. The molecule has 0 aliphatic carbocycles. The summed E-state index contributed by atoms with van der Waals surface area (Å²) in [6.07, 6.45) is 1.78. The van der Waals surface area contributed by atoms with Gasteiger partial charge in [-0.05, 0) is 60.7 Å². The molecule has 3 rings (SSSR count). The summed E-state index contributed by atoms with van der Waals surface area (Å²) in [6, 6.07) is 10.2. The quantitative estimate of drug-likeness (QED) is 0.642. The Balaban J connectivity index is 1.95. The van der Waals surface area contributed by atoms with Crippen molar-refractivity contribution in [3.8, 4) is 0 Å². The number of hydrogen-bond acceptors (Lipinski definition) is 3. The van der Waals surface area contributed by atoms with E-state index >= 15 is 0 Å². The molecule has 1 heterocycles. The van der Waals surface area contributed by atoms with E-state index in [1.165, 1.54) is 0 Å². The third kappa shape index (κ3) is 4.09. The standard InChI is InChI=1S/C19H19ClN2O4S/c1-12-10-18(13(2)9-16(12)20)27(25,26)21-15-4-3-14-5-7-22(17(14)11-15)8-6-19(23)24/h3-5,7,9-11,21H,6,8H2,1-2H3,(H,23,24). The van der Waals surface area contributed by atoms with Crippen LogP contribution in [0.2, 0.25) is 5.02 Å². The minimum atomic E-state index is -3.79. The summed E-state index contributed by atoms with van der Waals surface area (Å²) in [5, 5.41) is 10.3. The molecule has 0 unspecified atom stereocenters. The molecule has 0 aliphatic heterocycles. The van der Waals surface area contributed by atoms with E-state index in [4.69, 9.17) is 16.7 Å². The molecule has 142 valence electrons. The van der Waals surface area contributed by atoms with Gasteiger partial charge in [0.25, 0.3) is 10.0 Å². The van der Waals surface area contributed by atoms with Crippen LogP contribution in [0.5, 0.6) is 0 Å². The number of carbonyl (C=O) groups is 1. The molecule has 3 aromatic rings. The van der Waals surface area contributed by atoms with Crippen molar-refractivity contribution in [3.63, 3.8) is 0 Å². The van der Waals surface area contributed by atoms with Crippen LogP contribution < -0.4 is 4.72 Å². The highest BCUT2D eigenvalue weighted by atomic mass is 35.5. The summed E-state index contributed by atoms with van der Waals surface area (Å²) in [7, 11) is -3.79. The molecule has 6 nitrogen and oxygen atoms in total. The first-order chi connectivity index (χ1) is 12.7. The molecule has 0 aliphatic rings. The zero-order valence-corrected chi connectivity index (χ0v) is 16.4. The van der Waals surface area contributed by atoms with E-state index in [1.54, 1.807) is 54.9 Å². The van der Waals surface area contributed by atoms with E-state index in [1.807, 2.05) is 6.07 Å². The van der Waals surface area contributed by atoms with Crippen molar-refractivity contribution in [1.29, 1.82) is 0 Å². The molecule has 8 heteroatoms. The van der Waals surface area contributed by atoms with Crippen LogP contribution in [0.4, 0.5) is 5.69 Å². The normalized spacial score (nSPS) is 11.7. The number of carboxylic acid groups (broad SMARTS) is 1. The van der Waals surface area contributed by atoms with Crippen molar-refractivity contribution in [1.82, 2.24) is 4.57 Å². The van der Waals surface area contributed by atoms with Gasteiger partial charge in [0, 0.05) is 17.8 Å². The van der Waals surface area contributed by atoms with Crippen LogP contribution in [-0.4, -0.2) is 24.1 Å². The molecule has 0 bridgehead atoms. The van der Waals surface area contributed by atoms with Crippen LogP contribution in [0.25, 0.3) is 10.9 Å². The van der Waals surface area contributed by atoms with Gasteiger partial charge in [-0.3, -0.25) is 9.52 Å². The first-order valence-corrected chi connectivity index (χ1v) is 10.1. The third-order valence-corrected chi connectivity index (χ3v) is 6.27. The average Bonchev–Trinajstić information content (AvgIpc) is 2.98. The van der Waals surface area contributed by atoms with Crippen molar-refractivity contribution >= 4 is 44.2 Å². The number of rotatable bonds is 6. The first-order valence-electron chi connectivity index (χ1n) is 8.27. The second-order valence-electron chi connectivity index (χ2n) is 6.40.